The molecule has 0 aliphatic rings. The molecule has 3 N–H and O–H groups in total. The van der Waals surface area contributed by atoms with E-state index in [1.54, 1.807) is 30.3 Å². The van der Waals surface area contributed by atoms with Crippen molar-refractivity contribution in [2.24, 2.45) is 5.73 Å². The number of primary amides is 1. The quantitative estimate of drug-likeness (QED) is 0.893. The number of urea groups is 2. The van der Waals surface area contributed by atoms with E-state index in [9.17, 15) is 22.8 Å². The van der Waals surface area contributed by atoms with E-state index in [2.05, 4.69) is 5.32 Å². The smallest absolute Gasteiger partial charge is 0.351 e. The Labute approximate surface area is 135 Å². The van der Waals surface area contributed by atoms with E-state index in [1.165, 1.54) is 6.07 Å². The minimum absolute atomic E-state index is 0.0888. The largest absolute Gasteiger partial charge is 0.416 e. The van der Waals surface area contributed by atoms with Crippen LogP contribution in [0.15, 0.2) is 54.6 Å². The summed E-state index contributed by atoms with van der Waals surface area (Å²) in [6.45, 7) is -0.0963. The maximum atomic E-state index is 12.7. The van der Waals surface area contributed by atoms with Gasteiger partial charge in [0.05, 0.1) is 12.1 Å². The number of halogens is 3. The molecule has 24 heavy (non-hydrogen) atoms. The first-order valence-electron chi connectivity index (χ1n) is 6.86. The highest BCUT2D eigenvalue weighted by Gasteiger charge is 2.30. The molecule has 0 saturated heterocycles. The van der Waals surface area contributed by atoms with Gasteiger partial charge < -0.3 is 11.1 Å². The van der Waals surface area contributed by atoms with Gasteiger partial charge >= 0.3 is 18.2 Å². The minimum Gasteiger partial charge on any atom is -0.351 e. The number of imide groups is 1. The Morgan fingerprint density at radius 2 is 1.71 bits per heavy atom. The van der Waals surface area contributed by atoms with E-state index in [-0.39, 0.29) is 12.2 Å². The average Bonchev–Trinajstić information content (AvgIpc) is 2.52. The van der Waals surface area contributed by atoms with Gasteiger partial charge in [-0.1, -0.05) is 36.4 Å². The van der Waals surface area contributed by atoms with E-state index in [1.807, 2.05) is 0 Å². The molecule has 0 fully saturated rings. The number of carbonyl (C=O) groups is 2. The zero-order valence-electron chi connectivity index (χ0n) is 12.4. The monoisotopic (exact) mass is 337 g/mol. The van der Waals surface area contributed by atoms with Gasteiger partial charge in [0.2, 0.25) is 0 Å². The van der Waals surface area contributed by atoms with Gasteiger partial charge in [0.15, 0.2) is 0 Å². The summed E-state index contributed by atoms with van der Waals surface area (Å²) in [5, 5.41) is 2.24. The number of amides is 4. The lowest BCUT2D eigenvalue weighted by atomic mass is 10.2. The SMILES string of the molecule is NC(=O)N(Cc1ccccc1)C(=O)Nc1cccc(C(F)(F)F)c1. The summed E-state index contributed by atoms with van der Waals surface area (Å²) in [6, 6.07) is 10.8. The zero-order valence-corrected chi connectivity index (χ0v) is 12.4. The Bertz CT molecular complexity index is 733. The predicted octanol–water partition coefficient (Wildman–Crippen LogP) is 3.82. The van der Waals surface area contributed by atoms with Crippen LogP contribution < -0.4 is 11.1 Å². The molecule has 0 unspecified atom stereocenters. The first kappa shape index (κ1) is 17.3. The Kier molecular flexibility index (Phi) is 5.08. The maximum Gasteiger partial charge on any atom is 0.416 e. The fourth-order valence-electron chi connectivity index (χ4n) is 1.98. The molecule has 2 aromatic rings. The number of hydrogen-bond acceptors (Lipinski definition) is 2. The molecule has 8 heteroatoms. The number of nitrogens with two attached hydrogens (primary N) is 1. The predicted molar refractivity (Wildman–Crippen MR) is 82.0 cm³/mol. The van der Waals surface area contributed by atoms with Crippen LogP contribution in [-0.2, 0) is 12.7 Å². The first-order chi connectivity index (χ1) is 11.3. The Balaban J connectivity index is 2.15. The second kappa shape index (κ2) is 7.03. The second-order valence-electron chi connectivity index (χ2n) is 4.92. The van der Waals surface area contributed by atoms with Crippen molar-refractivity contribution >= 4 is 17.7 Å². The third kappa shape index (κ3) is 4.48. The average molecular weight is 337 g/mol. The number of carbonyl (C=O) groups excluding carboxylic acids is 2. The van der Waals surface area contributed by atoms with Crippen LogP contribution in [-0.4, -0.2) is 17.0 Å². The summed E-state index contributed by atoms with van der Waals surface area (Å²) in [4.78, 5) is 24.3. The molecule has 0 bridgehead atoms. The topological polar surface area (TPSA) is 75.4 Å². The minimum atomic E-state index is -4.53. The van der Waals surface area contributed by atoms with Gasteiger partial charge in [-0.3, -0.25) is 0 Å². The number of alkyl halides is 3. The Hall–Kier alpha value is -3.03. The lowest BCUT2D eigenvalue weighted by molar-refractivity contribution is -0.137. The number of nitrogens with zero attached hydrogens (tertiary/aromatic N) is 1. The zero-order chi connectivity index (χ0) is 17.7. The van der Waals surface area contributed by atoms with Crippen molar-refractivity contribution in [2.45, 2.75) is 12.7 Å². The number of hydrogen-bond donors (Lipinski definition) is 2. The van der Waals surface area contributed by atoms with E-state index < -0.39 is 23.8 Å². The third-order valence-electron chi connectivity index (χ3n) is 3.14. The molecule has 0 saturated carbocycles. The highest BCUT2D eigenvalue weighted by molar-refractivity contribution is 6.00. The third-order valence-corrected chi connectivity index (χ3v) is 3.14. The molecule has 5 nitrogen and oxygen atoms in total. The molecule has 0 aliphatic carbocycles. The summed E-state index contributed by atoms with van der Waals surface area (Å²) in [5.41, 5.74) is 4.84. The van der Waals surface area contributed by atoms with Gasteiger partial charge in [-0.2, -0.15) is 13.2 Å². The molecular weight excluding hydrogens is 323 g/mol. The van der Waals surface area contributed by atoms with Gasteiger partial charge in [0.1, 0.15) is 0 Å². The molecule has 4 amide bonds. The standard InChI is InChI=1S/C16H14F3N3O2/c17-16(18,19)12-7-4-8-13(9-12)21-15(24)22(14(20)23)10-11-5-2-1-3-6-11/h1-9H,10H2,(H2,20,23)(H,21,24). The number of rotatable bonds is 3. The van der Waals surface area contributed by atoms with Crippen molar-refractivity contribution in [3.05, 3.63) is 65.7 Å². The van der Waals surface area contributed by atoms with E-state index in [0.29, 0.717) is 10.5 Å². The van der Waals surface area contributed by atoms with Crippen LogP contribution in [0, 0.1) is 0 Å². The van der Waals surface area contributed by atoms with Crippen molar-refractivity contribution in [1.82, 2.24) is 4.90 Å². The van der Waals surface area contributed by atoms with Crippen LogP contribution in [0.25, 0.3) is 0 Å². The van der Waals surface area contributed by atoms with Gasteiger partial charge in [-0.05, 0) is 23.8 Å². The molecule has 0 heterocycles. The van der Waals surface area contributed by atoms with Crippen molar-refractivity contribution in [3.8, 4) is 0 Å². The lowest BCUT2D eigenvalue weighted by Crippen LogP contribution is -2.42. The number of anilines is 1. The fraction of sp³-hybridized carbons (Fsp3) is 0.125. The summed E-state index contributed by atoms with van der Waals surface area (Å²) >= 11 is 0. The number of nitrogens with one attached hydrogen (secondary N) is 1. The molecule has 0 aliphatic heterocycles. The molecule has 126 valence electrons. The second-order valence-corrected chi connectivity index (χ2v) is 4.92. The molecule has 2 rings (SSSR count). The van der Waals surface area contributed by atoms with Crippen LogP contribution in [0.4, 0.5) is 28.4 Å². The van der Waals surface area contributed by atoms with Crippen LogP contribution in [0.2, 0.25) is 0 Å². The summed E-state index contributed by atoms with van der Waals surface area (Å²) in [6.07, 6.45) is -4.53. The first-order valence-corrected chi connectivity index (χ1v) is 6.86. The van der Waals surface area contributed by atoms with Gasteiger partial charge in [-0.25, -0.2) is 14.5 Å². The summed E-state index contributed by atoms with van der Waals surface area (Å²) in [7, 11) is 0. The van der Waals surface area contributed by atoms with Gasteiger partial charge in [0, 0.05) is 5.69 Å². The molecule has 0 spiro atoms. The Morgan fingerprint density at radius 3 is 2.29 bits per heavy atom. The number of benzene rings is 2. The van der Waals surface area contributed by atoms with Crippen LogP contribution in [0.5, 0.6) is 0 Å². The van der Waals surface area contributed by atoms with Crippen molar-refractivity contribution in [3.63, 3.8) is 0 Å². The highest BCUT2D eigenvalue weighted by Crippen LogP contribution is 2.30. The lowest BCUT2D eigenvalue weighted by Gasteiger charge is -2.19. The summed E-state index contributed by atoms with van der Waals surface area (Å²) < 4.78 is 38.0. The van der Waals surface area contributed by atoms with Crippen LogP contribution in [0.3, 0.4) is 0 Å². The normalized spacial score (nSPS) is 11.0. The van der Waals surface area contributed by atoms with Crippen molar-refractivity contribution in [2.75, 3.05) is 5.32 Å². The molecule has 0 radical (unpaired) electrons. The van der Waals surface area contributed by atoms with Crippen LogP contribution in [0.1, 0.15) is 11.1 Å². The molecular formula is C16H14F3N3O2. The van der Waals surface area contributed by atoms with Crippen molar-refractivity contribution in [1.29, 1.82) is 0 Å². The Morgan fingerprint density at radius 1 is 1.04 bits per heavy atom. The molecule has 0 aromatic heterocycles. The highest BCUT2D eigenvalue weighted by atomic mass is 19.4. The van der Waals surface area contributed by atoms with Crippen molar-refractivity contribution < 1.29 is 22.8 Å². The maximum absolute atomic E-state index is 12.7. The molecule has 0 atom stereocenters. The molecule has 2 aromatic carbocycles. The summed E-state index contributed by atoms with van der Waals surface area (Å²) in [5.74, 6) is 0. The van der Waals surface area contributed by atoms with Gasteiger partial charge in [-0.15, -0.1) is 0 Å². The van der Waals surface area contributed by atoms with Crippen LogP contribution >= 0.6 is 0 Å². The fourth-order valence-corrected chi connectivity index (χ4v) is 1.98. The van der Waals surface area contributed by atoms with E-state index >= 15 is 0 Å². The van der Waals surface area contributed by atoms with E-state index in [0.717, 1.165) is 18.2 Å². The van der Waals surface area contributed by atoms with Gasteiger partial charge in [0.25, 0.3) is 0 Å². The van der Waals surface area contributed by atoms with E-state index in [4.69, 9.17) is 5.73 Å².